The number of hydrogen-bond donors (Lipinski definition) is 0. The van der Waals surface area contributed by atoms with Crippen molar-refractivity contribution in [1.29, 1.82) is 0 Å². The molecule has 0 aromatic rings. The van der Waals surface area contributed by atoms with Gasteiger partial charge >= 0.3 is 0 Å². The number of thiocarbonyl (C=S) groups is 1. The van der Waals surface area contributed by atoms with Crippen LogP contribution < -0.4 is 0 Å². The second kappa shape index (κ2) is 3.84. The fourth-order valence-electron chi connectivity index (χ4n) is 3.25. The van der Waals surface area contributed by atoms with E-state index < -0.39 is 0 Å². The molecule has 16 heavy (non-hydrogen) atoms. The molecule has 2 nitrogen and oxygen atoms in total. The lowest BCUT2D eigenvalue weighted by molar-refractivity contribution is -0.133. The number of carbonyl (C=O) groups is 1. The van der Waals surface area contributed by atoms with Gasteiger partial charge < -0.3 is 0 Å². The van der Waals surface area contributed by atoms with Gasteiger partial charge in [0.1, 0.15) is 4.32 Å². The number of carbonyl (C=O) groups excluding carboxylic acids is 1. The fraction of sp³-hybridized carbons (Fsp3) is 0.667. The van der Waals surface area contributed by atoms with Crippen molar-refractivity contribution in [3.63, 3.8) is 0 Å². The molecule has 86 valence electrons. The van der Waals surface area contributed by atoms with Crippen LogP contribution in [0.25, 0.3) is 0 Å². The second-order valence-corrected chi connectivity index (χ2v) is 6.67. The molecule has 4 heteroatoms. The van der Waals surface area contributed by atoms with Gasteiger partial charge in [0.15, 0.2) is 0 Å². The van der Waals surface area contributed by atoms with E-state index in [-0.39, 0.29) is 11.8 Å². The third-order valence-corrected chi connectivity index (χ3v) is 5.59. The molecule has 3 rings (SSSR count). The number of amides is 1. The summed E-state index contributed by atoms with van der Waals surface area (Å²) < 4.78 is 0.781. The van der Waals surface area contributed by atoms with Gasteiger partial charge in [-0.3, -0.25) is 9.69 Å². The summed E-state index contributed by atoms with van der Waals surface area (Å²) in [5.41, 5.74) is 0. The summed E-state index contributed by atoms with van der Waals surface area (Å²) in [6.45, 7) is 3.02. The number of hydrogen-bond acceptors (Lipinski definition) is 3. The summed E-state index contributed by atoms with van der Waals surface area (Å²) in [6, 6.07) is 0. The van der Waals surface area contributed by atoms with Crippen LogP contribution >= 0.6 is 24.0 Å². The van der Waals surface area contributed by atoms with E-state index in [0.29, 0.717) is 17.8 Å². The molecule has 4 atom stereocenters. The Morgan fingerprint density at radius 2 is 2.25 bits per heavy atom. The van der Waals surface area contributed by atoms with Gasteiger partial charge in [0.25, 0.3) is 0 Å². The standard InChI is InChI=1S/C12H15NOS2/c1-7-8-2-3-9(6-8)10(7)11(14)13-4-5-16-12(13)15/h2-3,7-10H,4-6H2,1H3/t7-,8-,9-,10+/m1/s1. The highest BCUT2D eigenvalue weighted by atomic mass is 32.2. The topological polar surface area (TPSA) is 20.3 Å². The van der Waals surface area contributed by atoms with E-state index in [4.69, 9.17) is 12.2 Å². The lowest BCUT2D eigenvalue weighted by Gasteiger charge is -2.27. The molecule has 0 spiro atoms. The van der Waals surface area contributed by atoms with E-state index in [2.05, 4.69) is 19.1 Å². The summed E-state index contributed by atoms with van der Waals surface area (Å²) in [7, 11) is 0. The Morgan fingerprint density at radius 3 is 2.81 bits per heavy atom. The van der Waals surface area contributed by atoms with Crippen LogP contribution in [0.15, 0.2) is 12.2 Å². The van der Waals surface area contributed by atoms with Crippen LogP contribution in [0.5, 0.6) is 0 Å². The number of rotatable bonds is 1. The van der Waals surface area contributed by atoms with Crippen molar-refractivity contribution in [2.24, 2.45) is 23.7 Å². The summed E-state index contributed by atoms with van der Waals surface area (Å²) in [4.78, 5) is 14.3. The van der Waals surface area contributed by atoms with Crippen molar-refractivity contribution in [3.05, 3.63) is 12.2 Å². The van der Waals surface area contributed by atoms with Crippen molar-refractivity contribution in [2.45, 2.75) is 13.3 Å². The molecule has 1 aliphatic heterocycles. The van der Waals surface area contributed by atoms with E-state index in [1.54, 1.807) is 11.8 Å². The molecule has 1 saturated carbocycles. The second-order valence-electron chi connectivity index (χ2n) is 4.94. The van der Waals surface area contributed by atoms with E-state index >= 15 is 0 Å². The van der Waals surface area contributed by atoms with Gasteiger partial charge in [-0.2, -0.15) is 0 Å². The normalized spacial score (nSPS) is 41.1. The summed E-state index contributed by atoms with van der Waals surface area (Å²) in [5.74, 6) is 3.03. The molecule has 0 radical (unpaired) electrons. The molecule has 1 heterocycles. The monoisotopic (exact) mass is 253 g/mol. The molecule has 2 aliphatic carbocycles. The lowest BCUT2D eigenvalue weighted by atomic mass is 9.83. The van der Waals surface area contributed by atoms with Crippen LogP contribution in [0, 0.1) is 23.7 Å². The lowest BCUT2D eigenvalue weighted by Crippen LogP contribution is -2.40. The van der Waals surface area contributed by atoms with Crippen molar-refractivity contribution >= 4 is 34.2 Å². The Hall–Kier alpha value is -0.350. The first-order valence-electron chi connectivity index (χ1n) is 5.85. The van der Waals surface area contributed by atoms with Crippen molar-refractivity contribution in [1.82, 2.24) is 4.90 Å². The van der Waals surface area contributed by atoms with Crippen molar-refractivity contribution in [2.75, 3.05) is 12.3 Å². The van der Waals surface area contributed by atoms with Crippen LogP contribution in [0.1, 0.15) is 13.3 Å². The smallest absolute Gasteiger partial charge is 0.232 e. The summed E-state index contributed by atoms with van der Waals surface area (Å²) in [6.07, 6.45) is 5.70. The molecule has 1 saturated heterocycles. The Morgan fingerprint density at radius 1 is 1.50 bits per heavy atom. The zero-order valence-corrected chi connectivity index (χ0v) is 10.9. The van der Waals surface area contributed by atoms with Crippen molar-refractivity contribution in [3.8, 4) is 0 Å². The molecule has 2 bridgehead atoms. The van der Waals surface area contributed by atoms with Crippen molar-refractivity contribution < 1.29 is 4.79 Å². The van der Waals surface area contributed by atoms with Gasteiger partial charge in [-0.25, -0.2) is 0 Å². The van der Waals surface area contributed by atoms with Gasteiger partial charge in [-0.05, 0) is 24.2 Å². The highest BCUT2D eigenvalue weighted by Crippen LogP contribution is 2.48. The minimum Gasteiger partial charge on any atom is -0.297 e. The highest BCUT2D eigenvalue weighted by Gasteiger charge is 2.47. The average molecular weight is 253 g/mol. The van der Waals surface area contributed by atoms with Gasteiger partial charge in [0, 0.05) is 18.2 Å². The SMILES string of the molecule is C[C@H]1[C@H](C(=O)N2CCSC2=S)[C@@H]2C=C[C@@H]1C2. The third-order valence-electron chi connectivity index (χ3n) is 4.16. The summed E-state index contributed by atoms with van der Waals surface area (Å²) >= 11 is 6.86. The van der Waals surface area contributed by atoms with Crippen LogP contribution in [0.4, 0.5) is 0 Å². The first kappa shape index (κ1) is 10.8. The summed E-state index contributed by atoms with van der Waals surface area (Å²) in [5, 5.41) is 0. The Balaban J connectivity index is 1.81. The molecule has 0 N–H and O–H groups in total. The zero-order valence-electron chi connectivity index (χ0n) is 9.26. The molecule has 0 aromatic heterocycles. The maximum absolute atomic E-state index is 12.4. The van der Waals surface area contributed by atoms with Crippen LogP contribution in [-0.4, -0.2) is 27.4 Å². The Labute approximate surface area is 105 Å². The van der Waals surface area contributed by atoms with E-state index in [9.17, 15) is 4.79 Å². The first-order chi connectivity index (χ1) is 7.68. The largest absolute Gasteiger partial charge is 0.297 e. The number of thioether (sulfide) groups is 1. The first-order valence-corrected chi connectivity index (χ1v) is 7.24. The minimum absolute atomic E-state index is 0.187. The van der Waals surface area contributed by atoms with Gasteiger partial charge in [-0.15, -0.1) is 0 Å². The maximum Gasteiger partial charge on any atom is 0.232 e. The van der Waals surface area contributed by atoms with Crippen LogP contribution in [0.3, 0.4) is 0 Å². The quantitative estimate of drug-likeness (QED) is 0.528. The molecular formula is C12H15NOS2. The Kier molecular flexibility index (Phi) is 2.59. The zero-order chi connectivity index (χ0) is 11.3. The number of fused-ring (bicyclic) bond motifs is 2. The molecule has 2 fully saturated rings. The third kappa shape index (κ3) is 1.46. The van der Waals surface area contributed by atoms with E-state index in [1.165, 1.54) is 6.42 Å². The van der Waals surface area contributed by atoms with E-state index in [1.807, 2.05) is 4.90 Å². The molecule has 0 unspecified atom stereocenters. The molecule has 1 amide bonds. The molecule has 0 aromatic carbocycles. The molecule has 3 aliphatic rings. The maximum atomic E-state index is 12.4. The Bertz CT molecular complexity index is 379. The molecular weight excluding hydrogens is 238 g/mol. The minimum atomic E-state index is 0.187. The fourth-order valence-corrected chi connectivity index (χ4v) is 4.47. The number of allylic oxidation sites excluding steroid dienone is 2. The van der Waals surface area contributed by atoms with Gasteiger partial charge in [0.05, 0.1) is 0 Å². The average Bonchev–Trinajstić information content (AvgIpc) is 2.92. The van der Waals surface area contributed by atoms with Crippen LogP contribution in [0.2, 0.25) is 0 Å². The van der Waals surface area contributed by atoms with Gasteiger partial charge in [-0.1, -0.05) is 43.1 Å². The van der Waals surface area contributed by atoms with Crippen LogP contribution in [-0.2, 0) is 4.79 Å². The van der Waals surface area contributed by atoms with Gasteiger partial charge in [0.2, 0.25) is 5.91 Å². The predicted molar refractivity (Wildman–Crippen MR) is 70.2 cm³/mol. The predicted octanol–water partition coefficient (Wildman–Crippen LogP) is 2.30. The number of nitrogens with zero attached hydrogens (tertiary/aromatic N) is 1. The highest BCUT2D eigenvalue weighted by molar-refractivity contribution is 8.23. The van der Waals surface area contributed by atoms with E-state index in [0.717, 1.165) is 16.6 Å².